The van der Waals surface area contributed by atoms with E-state index in [1.807, 2.05) is 0 Å². The molecule has 0 unspecified atom stereocenters. The highest BCUT2D eigenvalue weighted by Crippen LogP contribution is 2.40. The highest BCUT2D eigenvalue weighted by atomic mass is 19.4. The van der Waals surface area contributed by atoms with Crippen LogP contribution in [0.25, 0.3) is 11.1 Å². The maximum absolute atomic E-state index is 13.3. The summed E-state index contributed by atoms with van der Waals surface area (Å²) >= 11 is 0. The Morgan fingerprint density at radius 3 is 2.41 bits per heavy atom. The maximum Gasteiger partial charge on any atom is 0.423 e. The molecule has 0 radical (unpaired) electrons. The summed E-state index contributed by atoms with van der Waals surface area (Å²) in [4.78, 5) is 32.7. The number of nitro benzene ring substituents is 1. The molecule has 0 atom stereocenters. The number of Topliss-reactive ketones (excluding diaryl/α,β-unsaturated/α-hetero) is 1. The van der Waals surface area contributed by atoms with Gasteiger partial charge in [-0.05, 0) is 35.9 Å². The third-order valence-corrected chi connectivity index (χ3v) is 4.04. The second-order valence-corrected chi connectivity index (χ2v) is 6.04. The molecule has 0 heterocycles. The van der Waals surface area contributed by atoms with Crippen molar-refractivity contribution in [1.82, 2.24) is 0 Å². The topological polar surface area (TPSA) is 113 Å². The van der Waals surface area contributed by atoms with E-state index >= 15 is 0 Å². The van der Waals surface area contributed by atoms with Crippen LogP contribution in [0.4, 0.5) is 18.9 Å². The third kappa shape index (κ3) is 5.31. The van der Waals surface area contributed by atoms with Crippen molar-refractivity contribution in [3.05, 3.63) is 57.6 Å². The Balaban J connectivity index is 2.61. The van der Waals surface area contributed by atoms with Crippen molar-refractivity contribution in [3.63, 3.8) is 0 Å². The van der Waals surface area contributed by atoms with Crippen LogP contribution in [0.3, 0.4) is 0 Å². The molecule has 29 heavy (non-hydrogen) atoms. The predicted octanol–water partition coefficient (Wildman–Crippen LogP) is 4.13. The van der Waals surface area contributed by atoms with Crippen molar-refractivity contribution in [3.8, 4) is 16.9 Å². The van der Waals surface area contributed by atoms with E-state index in [9.17, 15) is 32.9 Å². The first-order chi connectivity index (χ1) is 13.5. The summed E-state index contributed by atoms with van der Waals surface area (Å²) in [5.41, 5.74) is 2.90. The van der Waals surface area contributed by atoms with Crippen LogP contribution >= 0.6 is 0 Å². The van der Waals surface area contributed by atoms with Gasteiger partial charge in [0.15, 0.2) is 5.78 Å². The quantitative estimate of drug-likeness (QED) is 0.399. The van der Waals surface area contributed by atoms with E-state index in [1.165, 1.54) is 18.2 Å². The molecule has 0 aliphatic heterocycles. The number of nitrogens with zero attached hydrogens (tertiary/aromatic N) is 1. The minimum Gasteiger partial charge on any atom is -0.492 e. The van der Waals surface area contributed by atoms with Gasteiger partial charge in [0.05, 0.1) is 18.0 Å². The van der Waals surface area contributed by atoms with Crippen LogP contribution in [0.2, 0.25) is 0 Å². The fourth-order valence-electron chi connectivity index (χ4n) is 2.61. The molecule has 0 aliphatic carbocycles. The molecule has 0 bridgehead atoms. The first-order valence-electron chi connectivity index (χ1n) is 8.49. The zero-order valence-corrected chi connectivity index (χ0v) is 15.3. The molecule has 0 saturated carbocycles. The van der Waals surface area contributed by atoms with E-state index in [4.69, 9.17) is 10.5 Å². The number of nitrogens with two attached hydrogens (primary N) is 1. The minimum absolute atomic E-state index is 0.0252. The Kier molecular flexibility index (Phi) is 6.57. The van der Waals surface area contributed by atoms with Crippen molar-refractivity contribution < 1.29 is 32.4 Å². The van der Waals surface area contributed by atoms with Gasteiger partial charge in [-0.15, -0.1) is 0 Å². The van der Waals surface area contributed by atoms with Crippen LogP contribution in [0.5, 0.6) is 5.75 Å². The molecule has 0 saturated heterocycles. The number of carbonyl (C=O) groups is 2. The highest BCUT2D eigenvalue weighted by molar-refractivity contribution is 5.97. The standard InChI is InChI=1S/C19H17F3N2O5/c1-2-16(25)12-4-6-17(29-8-7-18(23)26)13(9-12)11-3-5-15(24(27)28)14(10-11)19(20,21)22/h3-6,9-10H,2,7-8H2,1H3,(H2,23,26). The largest absolute Gasteiger partial charge is 0.492 e. The summed E-state index contributed by atoms with van der Waals surface area (Å²) in [6, 6.07) is 6.73. The second kappa shape index (κ2) is 8.72. The van der Waals surface area contributed by atoms with Crippen molar-refractivity contribution in [1.29, 1.82) is 0 Å². The lowest BCUT2D eigenvalue weighted by molar-refractivity contribution is -0.388. The Morgan fingerprint density at radius 1 is 1.17 bits per heavy atom. The number of primary amides is 1. The van der Waals surface area contributed by atoms with Crippen LogP contribution < -0.4 is 10.5 Å². The second-order valence-electron chi connectivity index (χ2n) is 6.04. The van der Waals surface area contributed by atoms with Gasteiger partial charge in [0, 0.05) is 23.6 Å². The molecular weight excluding hydrogens is 393 g/mol. The number of amides is 1. The zero-order valence-electron chi connectivity index (χ0n) is 15.3. The first kappa shape index (κ1) is 21.9. The van der Waals surface area contributed by atoms with Crippen LogP contribution in [0, 0.1) is 10.1 Å². The summed E-state index contributed by atoms with van der Waals surface area (Å²) < 4.78 is 45.4. The van der Waals surface area contributed by atoms with E-state index < -0.39 is 28.3 Å². The number of ketones is 1. The van der Waals surface area contributed by atoms with Gasteiger partial charge >= 0.3 is 6.18 Å². The normalized spacial score (nSPS) is 11.2. The fraction of sp³-hybridized carbons (Fsp3) is 0.263. The van der Waals surface area contributed by atoms with Gasteiger partial charge in [-0.25, -0.2) is 0 Å². The molecule has 7 nitrogen and oxygen atoms in total. The molecule has 2 aromatic carbocycles. The fourth-order valence-corrected chi connectivity index (χ4v) is 2.61. The van der Waals surface area contributed by atoms with E-state index in [2.05, 4.69) is 0 Å². The molecule has 2 aromatic rings. The van der Waals surface area contributed by atoms with Gasteiger partial charge in [-0.1, -0.05) is 6.92 Å². The Labute approximate surface area is 163 Å². The summed E-state index contributed by atoms with van der Waals surface area (Å²) in [6.45, 7) is 1.51. The number of halogens is 3. The summed E-state index contributed by atoms with van der Waals surface area (Å²) in [5.74, 6) is -0.757. The number of ether oxygens (including phenoxy) is 1. The predicted molar refractivity (Wildman–Crippen MR) is 97.5 cm³/mol. The van der Waals surface area contributed by atoms with E-state index in [-0.39, 0.29) is 47.7 Å². The SMILES string of the molecule is CCC(=O)c1ccc(OCCC(N)=O)c(-c2ccc([N+](=O)[O-])c(C(F)(F)F)c2)c1. The van der Waals surface area contributed by atoms with Crippen molar-refractivity contribution in [2.24, 2.45) is 5.73 Å². The van der Waals surface area contributed by atoms with Gasteiger partial charge in [-0.3, -0.25) is 19.7 Å². The summed E-state index contributed by atoms with van der Waals surface area (Å²) in [5, 5.41) is 11.0. The lowest BCUT2D eigenvalue weighted by Gasteiger charge is -2.15. The third-order valence-electron chi connectivity index (χ3n) is 4.04. The van der Waals surface area contributed by atoms with Crippen molar-refractivity contribution in [2.45, 2.75) is 25.9 Å². The molecule has 0 aromatic heterocycles. The van der Waals surface area contributed by atoms with E-state index in [0.717, 1.165) is 12.1 Å². The van der Waals surface area contributed by atoms with Crippen molar-refractivity contribution >= 4 is 17.4 Å². The number of rotatable bonds is 8. The Morgan fingerprint density at radius 2 is 1.86 bits per heavy atom. The smallest absolute Gasteiger partial charge is 0.423 e. The highest BCUT2D eigenvalue weighted by Gasteiger charge is 2.38. The van der Waals surface area contributed by atoms with Gasteiger partial charge in [-0.2, -0.15) is 13.2 Å². The van der Waals surface area contributed by atoms with E-state index in [0.29, 0.717) is 6.07 Å². The molecule has 1 amide bonds. The van der Waals surface area contributed by atoms with Gasteiger partial charge in [0.1, 0.15) is 11.3 Å². The van der Waals surface area contributed by atoms with Crippen molar-refractivity contribution in [2.75, 3.05) is 6.61 Å². The van der Waals surface area contributed by atoms with Crippen LogP contribution in [-0.4, -0.2) is 23.2 Å². The lowest BCUT2D eigenvalue weighted by Crippen LogP contribution is -2.15. The first-order valence-corrected chi connectivity index (χ1v) is 8.49. The van der Waals surface area contributed by atoms with Gasteiger partial charge in [0.25, 0.3) is 5.69 Å². The number of nitro groups is 1. The Hall–Kier alpha value is -3.43. The number of hydrogen-bond acceptors (Lipinski definition) is 5. The number of alkyl halides is 3. The average Bonchev–Trinajstić information content (AvgIpc) is 2.66. The molecular formula is C19H17F3N2O5. The molecule has 0 fully saturated rings. The molecule has 0 spiro atoms. The molecule has 0 aliphatic rings. The van der Waals surface area contributed by atoms with Crippen LogP contribution in [0.1, 0.15) is 35.7 Å². The molecule has 10 heteroatoms. The van der Waals surface area contributed by atoms with Gasteiger partial charge in [0.2, 0.25) is 5.91 Å². The number of benzene rings is 2. The van der Waals surface area contributed by atoms with Crippen LogP contribution in [0.15, 0.2) is 36.4 Å². The number of carbonyl (C=O) groups excluding carboxylic acids is 2. The number of hydrogen-bond donors (Lipinski definition) is 1. The average molecular weight is 410 g/mol. The zero-order chi connectivity index (χ0) is 21.8. The molecule has 2 N–H and O–H groups in total. The Bertz CT molecular complexity index is 957. The van der Waals surface area contributed by atoms with Crippen LogP contribution in [-0.2, 0) is 11.0 Å². The van der Waals surface area contributed by atoms with E-state index in [1.54, 1.807) is 6.92 Å². The maximum atomic E-state index is 13.3. The lowest BCUT2D eigenvalue weighted by atomic mass is 9.97. The minimum atomic E-state index is -4.96. The molecule has 2 rings (SSSR count). The molecule has 154 valence electrons. The monoisotopic (exact) mass is 410 g/mol. The summed E-state index contributed by atoms with van der Waals surface area (Å²) in [7, 11) is 0. The van der Waals surface area contributed by atoms with Gasteiger partial charge < -0.3 is 10.5 Å². The summed E-state index contributed by atoms with van der Waals surface area (Å²) in [6.07, 6.45) is -4.90.